The van der Waals surface area contributed by atoms with Crippen molar-refractivity contribution < 1.29 is 32.1 Å². The van der Waals surface area contributed by atoms with Gasteiger partial charge in [-0.2, -0.15) is 8.42 Å². The maximum Gasteiger partial charge on any atom is 0.362 e. The van der Waals surface area contributed by atoms with Crippen molar-refractivity contribution in [3.05, 3.63) is 39.9 Å². The van der Waals surface area contributed by atoms with E-state index in [1.54, 1.807) is 24.3 Å². The molecule has 35 heavy (non-hydrogen) atoms. The molecule has 0 bridgehead atoms. The van der Waals surface area contributed by atoms with Crippen molar-refractivity contribution in [2.45, 2.75) is 19.0 Å². The number of amidine groups is 1. The quantitative estimate of drug-likeness (QED) is 0.0669. The zero-order valence-corrected chi connectivity index (χ0v) is 20.4. The number of rotatable bonds is 10. The van der Waals surface area contributed by atoms with Gasteiger partial charge in [0.05, 0.1) is 6.04 Å². The molecule has 0 radical (unpaired) electrons. The summed E-state index contributed by atoms with van der Waals surface area (Å²) in [6.07, 6.45) is 0. The minimum atomic E-state index is -4.76. The number of carbonyl (C=O) groups is 2. The van der Waals surface area contributed by atoms with Gasteiger partial charge in [-0.1, -0.05) is 28.1 Å². The number of nitrogens with zero attached hydrogens (tertiary/aromatic N) is 3. The SMILES string of the molecule is C[C@H]1[C@H](NC(=O)/C(=N\OCCOc2ccc(C(=N)N)cc2)c2nc(N)sc2Cl)C(=O)N1S(=O)(=O)O. The number of oxime groups is 1. The number of aromatic nitrogens is 1. The average Bonchev–Trinajstić information content (AvgIpc) is 3.11. The van der Waals surface area contributed by atoms with Crippen LogP contribution in [0.4, 0.5) is 5.13 Å². The van der Waals surface area contributed by atoms with Gasteiger partial charge in [0.1, 0.15) is 34.3 Å². The van der Waals surface area contributed by atoms with Crippen molar-refractivity contribution in [1.29, 1.82) is 5.41 Å². The Morgan fingerprint density at radius 2 is 2.03 bits per heavy atom. The highest BCUT2D eigenvalue weighted by Gasteiger charge is 2.51. The number of benzene rings is 1. The molecule has 1 aliphatic heterocycles. The van der Waals surface area contributed by atoms with Crippen molar-refractivity contribution in [1.82, 2.24) is 14.6 Å². The zero-order valence-electron chi connectivity index (χ0n) is 18.0. The Morgan fingerprint density at radius 1 is 1.37 bits per heavy atom. The lowest BCUT2D eigenvalue weighted by molar-refractivity contribution is -0.143. The van der Waals surface area contributed by atoms with Crippen molar-refractivity contribution in [3.63, 3.8) is 0 Å². The summed E-state index contributed by atoms with van der Waals surface area (Å²) in [6, 6.07) is 4.17. The normalized spacial score (nSPS) is 18.1. The van der Waals surface area contributed by atoms with Crippen LogP contribution in [0, 0.1) is 5.41 Å². The fraction of sp³-hybridized carbons (Fsp3) is 0.278. The van der Waals surface area contributed by atoms with Crippen molar-refractivity contribution in [2.75, 3.05) is 18.9 Å². The van der Waals surface area contributed by atoms with Gasteiger partial charge in [0.2, 0.25) is 0 Å². The van der Waals surface area contributed by atoms with Crippen LogP contribution in [0.3, 0.4) is 0 Å². The first-order valence-corrected chi connectivity index (χ1v) is 12.3. The fourth-order valence-electron chi connectivity index (χ4n) is 3.01. The third-order valence-electron chi connectivity index (χ3n) is 4.68. The summed E-state index contributed by atoms with van der Waals surface area (Å²) in [5.41, 5.74) is 11.1. The third-order valence-corrected chi connectivity index (χ3v) is 6.77. The molecule has 1 aromatic heterocycles. The van der Waals surface area contributed by atoms with Crippen LogP contribution in [-0.4, -0.2) is 70.9 Å². The molecule has 7 N–H and O–H groups in total. The maximum absolute atomic E-state index is 12.8. The molecule has 0 unspecified atom stereocenters. The predicted octanol–water partition coefficient (Wildman–Crippen LogP) is -0.0192. The zero-order chi connectivity index (χ0) is 25.9. The minimum Gasteiger partial charge on any atom is -0.490 e. The number of β-lactam (4-membered cyclic amide) rings is 1. The first kappa shape index (κ1) is 26.1. The summed E-state index contributed by atoms with van der Waals surface area (Å²) in [5.74, 6) is -1.55. The molecular weight excluding hydrogens is 526 g/mol. The van der Waals surface area contributed by atoms with Crippen LogP contribution in [-0.2, 0) is 24.7 Å². The van der Waals surface area contributed by atoms with E-state index in [0.717, 1.165) is 11.3 Å². The second-order valence-electron chi connectivity index (χ2n) is 7.04. The Balaban J connectivity index is 1.66. The molecule has 14 nitrogen and oxygen atoms in total. The number of anilines is 1. The molecule has 0 spiro atoms. The summed E-state index contributed by atoms with van der Waals surface area (Å²) >= 11 is 6.97. The summed E-state index contributed by atoms with van der Waals surface area (Å²) in [5, 5.41) is 13.5. The molecule has 2 atom stereocenters. The van der Waals surface area contributed by atoms with E-state index in [1.807, 2.05) is 0 Å². The molecule has 17 heteroatoms. The summed E-state index contributed by atoms with van der Waals surface area (Å²) in [6.45, 7) is 1.26. The molecule has 188 valence electrons. The van der Waals surface area contributed by atoms with Crippen LogP contribution in [0.2, 0.25) is 4.34 Å². The van der Waals surface area contributed by atoms with E-state index in [-0.39, 0.29) is 38.5 Å². The van der Waals surface area contributed by atoms with E-state index in [0.29, 0.717) is 11.3 Å². The number of halogens is 1. The number of ether oxygens (including phenoxy) is 1. The Morgan fingerprint density at radius 3 is 2.54 bits per heavy atom. The molecule has 1 aromatic carbocycles. The highest BCUT2D eigenvalue weighted by atomic mass is 35.5. The number of amides is 2. The molecule has 1 saturated heterocycles. The number of nitrogen functional groups attached to an aromatic ring is 2. The molecule has 1 fully saturated rings. The molecule has 2 amide bonds. The summed E-state index contributed by atoms with van der Waals surface area (Å²) in [4.78, 5) is 34.0. The molecule has 0 aliphatic carbocycles. The van der Waals surface area contributed by atoms with Gasteiger partial charge in [0.25, 0.3) is 11.8 Å². The highest BCUT2D eigenvalue weighted by molar-refractivity contribution is 7.84. The number of carbonyl (C=O) groups excluding carboxylic acids is 2. The second-order valence-corrected chi connectivity index (χ2v) is 9.96. The van der Waals surface area contributed by atoms with Gasteiger partial charge in [-0.05, 0) is 31.2 Å². The van der Waals surface area contributed by atoms with E-state index >= 15 is 0 Å². The number of nitrogens with one attached hydrogen (secondary N) is 2. The van der Waals surface area contributed by atoms with Crippen LogP contribution in [0.25, 0.3) is 0 Å². The lowest BCUT2D eigenvalue weighted by Crippen LogP contribution is -2.71. The first-order chi connectivity index (χ1) is 16.4. The largest absolute Gasteiger partial charge is 0.490 e. The van der Waals surface area contributed by atoms with Crippen LogP contribution in [0.1, 0.15) is 18.2 Å². The molecular formula is C18H20ClN7O7S2. The van der Waals surface area contributed by atoms with Crippen LogP contribution in [0.5, 0.6) is 5.75 Å². The second kappa shape index (κ2) is 10.4. The van der Waals surface area contributed by atoms with Gasteiger partial charge >= 0.3 is 10.3 Å². The Labute approximate surface area is 208 Å². The summed E-state index contributed by atoms with van der Waals surface area (Å²) < 4.78 is 37.4. The van der Waals surface area contributed by atoms with Gasteiger partial charge in [-0.15, -0.1) is 0 Å². The molecule has 2 heterocycles. The monoisotopic (exact) mass is 545 g/mol. The standard InChI is InChI=1S/C18H20ClN7O7S2/c1-8-11(17(28)26(8)35(29,30)31)23-16(27)13(12-14(19)34-18(22)24-12)25-33-7-6-32-10-4-2-9(3-5-10)15(20)21/h2-5,8,11H,6-7H2,1H3,(H3,20,21)(H2,22,24)(H,23,27)(H,29,30,31)/b25-13-/t8-,11-/m0/s1. The highest BCUT2D eigenvalue weighted by Crippen LogP contribution is 2.27. The Bertz CT molecular complexity index is 1280. The lowest BCUT2D eigenvalue weighted by atomic mass is 10.0. The number of hydrogen-bond acceptors (Lipinski definition) is 11. The minimum absolute atomic E-state index is 0.0339. The van der Waals surface area contributed by atoms with Crippen molar-refractivity contribution in [3.8, 4) is 5.75 Å². The van der Waals surface area contributed by atoms with Crippen LogP contribution < -0.4 is 21.5 Å². The maximum atomic E-state index is 12.8. The van der Waals surface area contributed by atoms with Gasteiger partial charge < -0.3 is 26.4 Å². The molecule has 3 rings (SSSR count). The predicted molar refractivity (Wildman–Crippen MR) is 127 cm³/mol. The van der Waals surface area contributed by atoms with Crippen LogP contribution >= 0.6 is 22.9 Å². The first-order valence-electron chi connectivity index (χ1n) is 9.71. The van der Waals surface area contributed by atoms with E-state index in [9.17, 15) is 18.0 Å². The smallest absolute Gasteiger partial charge is 0.362 e. The summed E-state index contributed by atoms with van der Waals surface area (Å²) in [7, 11) is -4.76. The topological polar surface area (TPSA) is 223 Å². The molecule has 2 aromatic rings. The van der Waals surface area contributed by atoms with Gasteiger partial charge in [-0.25, -0.2) is 9.29 Å². The number of hydrogen-bond donors (Lipinski definition) is 5. The average molecular weight is 546 g/mol. The van der Waals surface area contributed by atoms with E-state index < -0.39 is 39.9 Å². The van der Waals surface area contributed by atoms with Gasteiger partial charge in [0.15, 0.2) is 17.5 Å². The Hall–Kier alpha value is -3.47. The van der Waals surface area contributed by atoms with E-state index in [4.69, 9.17) is 42.6 Å². The number of thiazole rings is 1. The number of nitrogens with two attached hydrogens (primary N) is 2. The van der Waals surface area contributed by atoms with Gasteiger partial charge in [0, 0.05) is 5.56 Å². The third kappa shape index (κ3) is 5.97. The van der Waals surface area contributed by atoms with E-state index in [1.165, 1.54) is 6.92 Å². The van der Waals surface area contributed by atoms with Crippen molar-refractivity contribution in [2.24, 2.45) is 10.9 Å². The molecule has 0 saturated carbocycles. The molecule has 1 aliphatic rings. The fourth-order valence-corrected chi connectivity index (χ4v) is 4.82. The van der Waals surface area contributed by atoms with Gasteiger partial charge in [-0.3, -0.25) is 19.6 Å². The van der Waals surface area contributed by atoms with Crippen molar-refractivity contribution >= 4 is 61.7 Å². The van der Waals surface area contributed by atoms with E-state index in [2.05, 4.69) is 15.5 Å². The lowest BCUT2D eigenvalue weighted by Gasteiger charge is -2.42. The van der Waals surface area contributed by atoms with Crippen LogP contribution in [0.15, 0.2) is 29.4 Å². The Kier molecular flexibility index (Phi) is 7.79.